The zero-order valence-corrected chi connectivity index (χ0v) is 20.7. The van der Waals surface area contributed by atoms with Crippen molar-refractivity contribution in [2.75, 3.05) is 52.9 Å². The quantitative estimate of drug-likeness (QED) is 0.144. The Labute approximate surface area is 203 Å². The number of carbonyl (C=O) groups excluding carboxylic acids is 2. The lowest BCUT2D eigenvalue weighted by molar-refractivity contribution is -0.145. The SMILES string of the molecule is C=C(C)C(=O)OCCCCC(=O)OCCOCCCCOCCOc1ccc(OCCC)cc1. The van der Waals surface area contributed by atoms with Crippen LogP contribution >= 0.6 is 0 Å². The fraction of sp³-hybridized carbons (Fsp3) is 0.615. The molecule has 0 spiro atoms. The van der Waals surface area contributed by atoms with Gasteiger partial charge < -0.3 is 28.4 Å². The van der Waals surface area contributed by atoms with Gasteiger partial charge in [0.2, 0.25) is 0 Å². The first kappa shape index (κ1) is 29.5. The zero-order chi connectivity index (χ0) is 24.9. The second-order valence-corrected chi connectivity index (χ2v) is 7.69. The Hall–Kier alpha value is -2.58. The van der Waals surface area contributed by atoms with Crippen LogP contribution in [0.25, 0.3) is 0 Å². The van der Waals surface area contributed by atoms with Gasteiger partial charge in [0.15, 0.2) is 0 Å². The summed E-state index contributed by atoms with van der Waals surface area (Å²) in [5.74, 6) is 0.967. The van der Waals surface area contributed by atoms with Crippen molar-refractivity contribution in [3.8, 4) is 11.5 Å². The van der Waals surface area contributed by atoms with E-state index in [1.54, 1.807) is 6.92 Å². The smallest absolute Gasteiger partial charge is 0.333 e. The Balaban J connectivity index is 1.84. The van der Waals surface area contributed by atoms with Gasteiger partial charge in [-0.25, -0.2) is 4.79 Å². The molecule has 0 N–H and O–H groups in total. The van der Waals surface area contributed by atoms with E-state index in [4.69, 9.17) is 28.4 Å². The fourth-order valence-electron chi connectivity index (χ4n) is 2.63. The van der Waals surface area contributed by atoms with E-state index < -0.39 is 5.97 Å². The first-order valence-electron chi connectivity index (χ1n) is 12.0. The number of esters is 2. The van der Waals surface area contributed by atoms with Crippen LogP contribution in [0.2, 0.25) is 0 Å². The molecule has 0 aliphatic rings. The maximum absolute atomic E-state index is 11.6. The van der Waals surface area contributed by atoms with Crippen molar-refractivity contribution < 1.29 is 38.0 Å². The first-order valence-corrected chi connectivity index (χ1v) is 12.0. The van der Waals surface area contributed by atoms with Crippen molar-refractivity contribution in [2.24, 2.45) is 0 Å². The topological polar surface area (TPSA) is 89.5 Å². The summed E-state index contributed by atoms with van der Waals surface area (Å²) in [6.45, 7) is 11.0. The largest absolute Gasteiger partial charge is 0.494 e. The molecule has 8 nitrogen and oxygen atoms in total. The van der Waals surface area contributed by atoms with Gasteiger partial charge in [-0.1, -0.05) is 13.5 Å². The summed E-state index contributed by atoms with van der Waals surface area (Å²) in [5, 5.41) is 0. The van der Waals surface area contributed by atoms with Crippen LogP contribution in [0.4, 0.5) is 0 Å². The van der Waals surface area contributed by atoms with Gasteiger partial charge in [-0.2, -0.15) is 0 Å². The molecule has 0 aromatic heterocycles. The summed E-state index contributed by atoms with van der Waals surface area (Å²) in [6.07, 6.45) is 4.26. The molecule has 0 radical (unpaired) electrons. The Kier molecular flexibility index (Phi) is 17.2. The number of hydrogen-bond donors (Lipinski definition) is 0. The fourth-order valence-corrected chi connectivity index (χ4v) is 2.63. The van der Waals surface area contributed by atoms with Gasteiger partial charge in [-0.15, -0.1) is 0 Å². The second kappa shape index (κ2) is 19.9. The molecular weight excluding hydrogens is 440 g/mol. The minimum absolute atomic E-state index is 0.239. The van der Waals surface area contributed by atoms with Crippen LogP contribution < -0.4 is 9.47 Å². The lowest BCUT2D eigenvalue weighted by Crippen LogP contribution is -2.12. The zero-order valence-electron chi connectivity index (χ0n) is 20.7. The molecule has 0 atom stereocenters. The molecule has 1 aromatic rings. The molecule has 0 unspecified atom stereocenters. The molecule has 1 rings (SSSR count). The standard InChI is InChI=1S/C26H40O8/c1-4-14-31-23-10-12-24(13-11-23)32-20-18-29-15-7-8-16-30-19-21-33-25(27)9-5-6-17-34-26(28)22(2)3/h10-13H,2,4-9,14-21H2,1,3H3. The predicted molar refractivity (Wildman–Crippen MR) is 129 cm³/mol. The lowest BCUT2D eigenvalue weighted by Gasteiger charge is -2.09. The number of hydrogen-bond acceptors (Lipinski definition) is 8. The van der Waals surface area contributed by atoms with Crippen molar-refractivity contribution >= 4 is 11.9 Å². The molecular formula is C26H40O8. The second-order valence-electron chi connectivity index (χ2n) is 7.69. The number of benzene rings is 1. The third-order valence-corrected chi connectivity index (χ3v) is 4.47. The number of rotatable bonds is 21. The Morgan fingerprint density at radius 3 is 1.85 bits per heavy atom. The molecule has 8 heteroatoms. The minimum atomic E-state index is -0.407. The Morgan fingerprint density at radius 2 is 1.26 bits per heavy atom. The molecule has 0 saturated heterocycles. The maximum Gasteiger partial charge on any atom is 0.333 e. The minimum Gasteiger partial charge on any atom is -0.494 e. The highest BCUT2D eigenvalue weighted by atomic mass is 16.6. The summed E-state index contributed by atoms with van der Waals surface area (Å²) in [7, 11) is 0. The van der Waals surface area contributed by atoms with Crippen molar-refractivity contribution in [1.82, 2.24) is 0 Å². The van der Waals surface area contributed by atoms with Gasteiger partial charge in [0, 0.05) is 25.2 Å². The van der Waals surface area contributed by atoms with Crippen LogP contribution in [0.3, 0.4) is 0 Å². The summed E-state index contributed by atoms with van der Waals surface area (Å²) in [6, 6.07) is 7.59. The summed E-state index contributed by atoms with van der Waals surface area (Å²) in [5.41, 5.74) is 0.368. The van der Waals surface area contributed by atoms with Gasteiger partial charge >= 0.3 is 11.9 Å². The van der Waals surface area contributed by atoms with Crippen LogP contribution in [-0.2, 0) is 28.5 Å². The van der Waals surface area contributed by atoms with E-state index in [1.807, 2.05) is 24.3 Å². The van der Waals surface area contributed by atoms with Crippen LogP contribution in [0, 0.1) is 0 Å². The van der Waals surface area contributed by atoms with E-state index >= 15 is 0 Å². The normalized spacial score (nSPS) is 10.5. The highest BCUT2D eigenvalue weighted by Gasteiger charge is 2.05. The van der Waals surface area contributed by atoms with Crippen LogP contribution in [0.1, 0.15) is 52.4 Å². The van der Waals surface area contributed by atoms with Gasteiger partial charge in [0.05, 0.1) is 26.4 Å². The van der Waals surface area contributed by atoms with E-state index in [9.17, 15) is 9.59 Å². The average molecular weight is 481 g/mol. The van der Waals surface area contributed by atoms with E-state index in [2.05, 4.69) is 13.5 Å². The lowest BCUT2D eigenvalue weighted by atomic mass is 10.2. The van der Waals surface area contributed by atoms with Crippen LogP contribution in [0.15, 0.2) is 36.4 Å². The van der Waals surface area contributed by atoms with Crippen molar-refractivity contribution in [3.05, 3.63) is 36.4 Å². The molecule has 0 saturated carbocycles. The Bertz CT molecular complexity index is 687. The summed E-state index contributed by atoms with van der Waals surface area (Å²) in [4.78, 5) is 22.8. The van der Waals surface area contributed by atoms with E-state index in [1.165, 1.54) is 0 Å². The van der Waals surface area contributed by atoms with E-state index in [0.717, 1.165) is 30.8 Å². The van der Waals surface area contributed by atoms with Gasteiger partial charge in [0.25, 0.3) is 0 Å². The maximum atomic E-state index is 11.6. The molecule has 192 valence electrons. The third-order valence-electron chi connectivity index (χ3n) is 4.47. The molecule has 1 aromatic carbocycles. The highest BCUT2D eigenvalue weighted by molar-refractivity contribution is 5.86. The number of unbranched alkanes of at least 4 members (excludes halogenated alkanes) is 2. The van der Waals surface area contributed by atoms with Crippen molar-refractivity contribution in [1.29, 1.82) is 0 Å². The van der Waals surface area contributed by atoms with E-state index in [0.29, 0.717) is 64.5 Å². The first-order chi connectivity index (χ1) is 16.5. The molecule has 34 heavy (non-hydrogen) atoms. The van der Waals surface area contributed by atoms with E-state index in [-0.39, 0.29) is 19.2 Å². The number of carbonyl (C=O) groups is 2. The Morgan fingerprint density at radius 1 is 0.706 bits per heavy atom. The average Bonchev–Trinajstić information content (AvgIpc) is 2.83. The van der Waals surface area contributed by atoms with Gasteiger partial charge in [-0.05, 0) is 63.3 Å². The summed E-state index contributed by atoms with van der Waals surface area (Å²) < 4.78 is 32.3. The van der Waals surface area contributed by atoms with Crippen LogP contribution in [0.5, 0.6) is 11.5 Å². The van der Waals surface area contributed by atoms with Crippen molar-refractivity contribution in [2.45, 2.75) is 52.4 Å². The summed E-state index contributed by atoms with van der Waals surface area (Å²) >= 11 is 0. The third kappa shape index (κ3) is 16.1. The molecule has 0 fully saturated rings. The molecule has 0 bridgehead atoms. The molecule has 0 amide bonds. The monoisotopic (exact) mass is 480 g/mol. The van der Waals surface area contributed by atoms with Gasteiger partial charge in [-0.3, -0.25) is 4.79 Å². The highest BCUT2D eigenvalue weighted by Crippen LogP contribution is 2.17. The van der Waals surface area contributed by atoms with Gasteiger partial charge in [0.1, 0.15) is 24.7 Å². The molecule has 0 aliphatic heterocycles. The van der Waals surface area contributed by atoms with Crippen molar-refractivity contribution in [3.63, 3.8) is 0 Å². The number of ether oxygens (including phenoxy) is 6. The predicted octanol–water partition coefficient (Wildman–Crippen LogP) is 4.50. The molecule has 0 aliphatic carbocycles. The van der Waals surface area contributed by atoms with Crippen LogP contribution in [-0.4, -0.2) is 64.8 Å². The molecule has 0 heterocycles.